The molecule has 4 rings (SSSR count). The molecule has 6 heteroatoms. The third-order valence-electron chi connectivity index (χ3n) is 5.04. The molecule has 0 aliphatic carbocycles. The molecule has 166 valence electrons. The number of carbonyl (C=O) groups is 1. The number of aryl methyl sites for hydroxylation is 2. The number of nitrogens with one attached hydrogen (secondary N) is 3. The summed E-state index contributed by atoms with van der Waals surface area (Å²) in [4.78, 5) is 21.3. The van der Waals surface area contributed by atoms with Gasteiger partial charge in [-0.25, -0.2) is 4.98 Å². The lowest BCUT2D eigenvalue weighted by molar-refractivity contribution is -0.116. The van der Waals surface area contributed by atoms with Crippen LogP contribution < -0.4 is 16.0 Å². The van der Waals surface area contributed by atoms with Crippen LogP contribution >= 0.6 is 0 Å². The van der Waals surface area contributed by atoms with Crippen LogP contribution in [0.5, 0.6) is 0 Å². The van der Waals surface area contributed by atoms with E-state index in [-0.39, 0.29) is 5.91 Å². The SMILES string of the molecule is Cc1cc(Nc2ccccc2)nc(Nc2ccc(NC(=O)CCCc3ccccc3)cc2)n1. The molecule has 0 radical (unpaired) electrons. The van der Waals surface area contributed by atoms with Gasteiger partial charge in [0.15, 0.2) is 0 Å². The van der Waals surface area contributed by atoms with E-state index < -0.39 is 0 Å². The van der Waals surface area contributed by atoms with Crippen LogP contribution in [-0.2, 0) is 11.2 Å². The van der Waals surface area contributed by atoms with Gasteiger partial charge in [-0.1, -0.05) is 48.5 Å². The van der Waals surface area contributed by atoms with E-state index in [0.717, 1.165) is 41.4 Å². The van der Waals surface area contributed by atoms with E-state index in [1.54, 1.807) is 0 Å². The van der Waals surface area contributed by atoms with Crippen molar-refractivity contribution in [1.82, 2.24) is 9.97 Å². The fourth-order valence-electron chi connectivity index (χ4n) is 3.45. The Balaban J connectivity index is 1.30. The Kier molecular flexibility index (Phi) is 7.28. The quantitative estimate of drug-likeness (QED) is 0.289. The second-order valence-corrected chi connectivity index (χ2v) is 7.80. The summed E-state index contributed by atoms with van der Waals surface area (Å²) in [5.74, 6) is 1.24. The highest BCUT2D eigenvalue weighted by Gasteiger charge is 2.06. The molecule has 6 nitrogen and oxygen atoms in total. The van der Waals surface area contributed by atoms with Gasteiger partial charge < -0.3 is 16.0 Å². The third-order valence-corrected chi connectivity index (χ3v) is 5.04. The Morgan fingerprint density at radius 3 is 2.12 bits per heavy atom. The smallest absolute Gasteiger partial charge is 0.229 e. The summed E-state index contributed by atoms with van der Waals surface area (Å²) in [5.41, 5.74) is 4.67. The normalized spacial score (nSPS) is 10.5. The van der Waals surface area contributed by atoms with Crippen LogP contribution in [0, 0.1) is 6.92 Å². The fraction of sp³-hybridized carbons (Fsp3) is 0.148. The van der Waals surface area contributed by atoms with Crippen LogP contribution in [0.3, 0.4) is 0 Å². The van der Waals surface area contributed by atoms with E-state index >= 15 is 0 Å². The maximum Gasteiger partial charge on any atom is 0.229 e. The molecule has 33 heavy (non-hydrogen) atoms. The maximum absolute atomic E-state index is 12.2. The summed E-state index contributed by atoms with van der Waals surface area (Å²) in [6, 6.07) is 29.5. The van der Waals surface area contributed by atoms with E-state index in [1.807, 2.05) is 85.8 Å². The first-order valence-corrected chi connectivity index (χ1v) is 11.0. The van der Waals surface area contributed by atoms with Crippen molar-refractivity contribution in [3.8, 4) is 0 Å². The first-order chi connectivity index (χ1) is 16.1. The molecule has 0 spiro atoms. The minimum absolute atomic E-state index is 0.0188. The molecule has 3 aromatic carbocycles. The third kappa shape index (κ3) is 6.90. The minimum atomic E-state index is 0.0188. The number of para-hydroxylation sites is 1. The van der Waals surface area contributed by atoms with Gasteiger partial charge in [-0.05, 0) is 61.7 Å². The lowest BCUT2D eigenvalue weighted by Crippen LogP contribution is -2.11. The maximum atomic E-state index is 12.2. The molecular weight excluding hydrogens is 410 g/mol. The fourth-order valence-corrected chi connectivity index (χ4v) is 3.45. The Labute approximate surface area is 194 Å². The summed E-state index contributed by atoms with van der Waals surface area (Å²) < 4.78 is 0. The first-order valence-electron chi connectivity index (χ1n) is 11.0. The van der Waals surface area contributed by atoms with E-state index in [4.69, 9.17) is 0 Å². The topological polar surface area (TPSA) is 78.9 Å². The van der Waals surface area contributed by atoms with Crippen LogP contribution in [0.15, 0.2) is 91.0 Å². The second kappa shape index (κ2) is 10.9. The molecule has 0 saturated heterocycles. The summed E-state index contributed by atoms with van der Waals surface area (Å²) in [6.45, 7) is 1.93. The molecular formula is C27H27N5O. The van der Waals surface area contributed by atoms with E-state index in [2.05, 4.69) is 38.1 Å². The first kappa shape index (κ1) is 22.0. The standard InChI is InChI=1S/C27H27N5O/c1-20-19-25(29-22-12-6-3-7-13-22)32-27(28-20)31-24-17-15-23(16-18-24)30-26(33)14-8-11-21-9-4-2-5-10-21/h2-7,9-10,12-13,15-19H,8,11,14H2,1H3,(H,30,33)(H2,28,29,31,32). The summed E-state index contributed by atoms with van der Waals surface area (Å²) in [6.07, 6.45) is 2.21. The van der Waals surface area contributed by atoms with Crippen molar-refractivity contribution < 1.29 is 4.79 Å². The van der Waals surface area contributed by atoms with E-state index in [1.165, 1.54) is 5.56 Å². The zero-order chi connectivity index (χ0) is 22.9. The Morgan fingerprint density at radius 2 is 1.39 bits per heavy atom. The summed E-state index contributed by atoms with van der Waals surface area (Å²) in [7, 11) is 0. The second-order valence-electron chi connectivity index (χ2n) is 7.80. The number of rotatable bonds is 9. The predicted octanol–water partition coefficient (Wildman–Crippen LogP) is 6.23. The summed E-state index contributed by atoms with van der Waals surface area (Å²) >= 11 is 0. The number of nitrogens with zero attached hydrogens (tertiary/aromatic N) is 2. The van der Waals surface area contributed by atoms with Gasteiger partial charge in [-0.2, -0.15) is 4.98 Å². The average Bonchev–Trinajstić information content (AvgIpc) is 2.81. The van der Waals surface area contributed by atoms with Crippen molar-refractivity contribution in [3.63, 3.8) is 0 Å². The molecule has 0 saturated carbocycles. The molecule has 0 atom stereocenters. The Bertz CT molecular complexity index is 1180. The minimum Gasteiger partial charge on any atom is -0.340 e. The lowest BCUT2D eigenvalue weighted by Gasteiger charge is -2.11. The lowest BCUT2D eigenvalue weighted by atomic mass is 10.1. The highest BCUT2D eigenvalue weighted by atomic mass is 16.1. The van der Waals surface area contributed by atoms with E-state index in [0.29, 0.717) is 12.4 Å². The van der Waals surface area contributed by atoms with Crippen molar-refractivity contribution in [1.29, 1.82) is 0 Å². The number of anilines is 5. The number of carbonyl (C=O) groups excluding carboxylic acids is 1. The highest BCUT2D eigenvalue weighted by molar-refractivity contribution is 5.90. The average molecular weight is 438 g/mol. The van der Waals surface area contributed by atoms with Gasteiger partial charge in [0.2, 0.25) is 11.9 Å². The van der Waals surface area contributed by atoms with Crippen molar-refractivity contribution in [2.45, 2.75) is 26.2 Å². The number of hydrogen-bond acceptors (Lipinski definition) is 5. The molecule has 0 aliphatic heterocycles. The summed E-state index contributed by atoms with van der Waals surface area (Å²) in [5, 5.41) is 9.48. The monoisotopic (exact) mass is 437 g/mol. The number of aromatic nitrogens is 2. The molecule has 0 unspecified atom stereocenters. The van der Waals surface area contributed by atoms with Crippen LogP contribution in [-0.4, -0.2) is 15.9 Å². The number of hydrogen-bond donors (Lipinski definition) is 3. The Hall–Kier alpha value is -4.19. The molecule has 0 aliphatic rings. The van der Waals surface area contributed by atoms with Gasteiger partial charge in [-0.3, -0.25) is 4.79 Å². The van der Waals surface area contributed by atoms with E-state index in [9.17, 15) is 4.79 Å². The van der Waals surface area contributed by atoms with Crippen LogP contribution in [0.4, 0.5) is 28.8 Å². The molecule has 3 N–H and O–H groups in total. The van der Waals surface area contributed by atoms with Crippen LogP contribution in [0.2, 0.25) is 0 Å². The molecule has 0 fully saturated rings. The predicted molar refractivity (Wildman–Crippen MR) is 134 cm³/mol. The molecule has 1 amide bonds. The Morgan fingerprint density at radius 1 is 0.758 bits per heavy atom. The zero-order valence-electron chi connectivity index (χ0n) is 18.6. The molecule has 4 aromatic rings. The largest absolute Gasteiger partial charge is 0.340 e. The molecule has 1 aromatic heterocycles. The van der Waals surface area contributed by atoms with Gasteiger partial charge >= 0.3 is 0 Å². The van der Waals surface area contributed by atoms with Crippen molar-refractivity contribution in [2.75, 3.05) is 16.0 Å². The van der Waals surface area contributed by atoms with Crippen molar-refractivity contribution >= 4 is 34.7 Å². The zero-order valence-corrected chi connectivity index (χ0v) is 18.6. The van der Waals surface area contributed by atoms with Crippen molar-refractivity contribution in [3.05, 3.63) is 102 Å². The number of benzene rings is 3. The molecule has 1 heterocycles. The van der Waals surface area contributed by atoms with Crippen molar-refractivity contribution in [2.24, 2.45) is 0 Å². The van der Waals surface area contributed by atoms with Gasteiger partial charge in [0.1, 0.15) is 5.82 Å². The van der Waals surface area contributed by atoms with Gasteiger partial charge in [0.05, 0.1) is 0 Å². The highest BCUT2D eigenvalue weighted by Crippen LogP contribution is 2.20. The molecule has 0 bridgehead atoms. The van der Waals surface area contributed by atoms with Gasteiger partial charge in [0.25, 0.3) is 0 Å². The van der Waals surface area contributed by atoms with Gasteiger partial charge in [0, 0.05) is 35.2 Å². The van der Waals surface area contributed by atoms with Crippen LogP contribution in [0.1, 0.15) is 24.1 Å². The van der Waals surface area contributed by atoms with Crippen LogP contribution in [0.25, 0.3) is 0 Å². The number of amides is 1. The van der Waals surface area contributed by atoms with Gasteiger partial charge in [-0.15, -0.1) is 0 Å².